The Morgan fingerprint density at radius 1 is 0.370 bits per heavy atom. The van der Waals surface area contributed by atoms with Gasteiger partial charge in [0.25, 0.3) is 0 Å². The first-order chi connectivity index (χ1) is 26.4. The highest BCUT2D eigenvalue weighted by molar-refractivity contribution is 5.86. The van der Waals surface area contributed by atoms with Crippen LogP contribution in [0, 0.1) is 0 Å². The maximum Gasteiger partial charge on any atom is 0.169 e. The Morgan fingerprint density at radius 2 is 0.630 bits per heavy atom. The summed E-state index contributed by atoms with van der Waals surface area (Å²) in [6, 6.07) is 31.3. The molecule has 0 aliphatic rings. The van der Waals surface area contributed by atoms with Gasteiger partial charge in [0.05, 0.1) is 0 Å². The molecule has 278 valence electrons. The third-order valence-electron chi connectivity index (χ3n) is 9.61. The maximum absolute atomic E-state index is 2.49. The quantitative estimate of drug-likeness (QED) is 0.0662. The van der Waals surface area contributed by atoms with E-state index in [1.807, 2.05) is 14.1 Å². The van der Waals surface area contributed by atoms with Crippen molar-refractivity contribution in [3.8, 4) is 0 Å². The maximum atomic E-state index is 2.49. The van der Waals surface area contributed by atoms with Crippen LogP contribution in [0.5, 0.6) is 0 Å². The number of hydrogen-bond acceptors (Lipinski definition) is 2. The smallest absolute Gasteiger partial charge is 0.169 e. The fourth-order valence-corrected chi connectivity index (χ4v) is 6.65. The predicted molar refractivity (Wildman–Crippen MR) is 236 cm³/mol. The van der Waals surface area contributed by atoms with Gasteiger partial charge in [-0.3, -0.25) is 0 Å². The Morgan fingerprint density at radius 3 is 0.889 bits per heavy atom. The minimum atomic E-state index is 1.08. The highest BCUT2D eigenvalue weighted by Gasteiger charge is 2.08. The third-order valence-corrected chi connectivity index (χ3v) is 9.61. The molecule has 4 heteroatoms. The summed E-state index contributed by atoms with van der Waals surface area (Å²) in [6.07, 6.45) is 30.9. The average molecular weight is 717 g/mol. The van der Waals surface area contributed by atoms with E-state index in [1.54, 1.807) is 0 Å². The van der Waals surface area contributed by atoms with E-state index < -0.39 is 0 Å². The number of hydrogen-bond donors (Lipinski definition) is 0. The molecule has 2 heterocycles. The van der Waals surface area contributed by atoms with E-state index in [9.17, 15) is 0 Å². The van der Waals surface area contributed by atoms with Gasteiger partial charge in [0.2, 0.25) is 0 Å². The molecule has 0 fully saturated rings. The first kappa shape index (κ1) is 39.7. The summed E-state index contributed by atoms with van der Waals surface area (Å²) >= 11 is 0. The number of aromatic nitrogens is 2. The molecule has 2 aromatic heterocycles. The molecule has 54 heavy (non-hydrogen) atoms. The normalized spacial score (nSPS) is 11.8. The third kappa shape index (κ3) is 11.8. The molecule has 5 rings (SSSR count). The Kier molecular flexibility index (Phi) is 15.2. The van der Waals surface area contributed by atoms with Gasteiger partial charge in [-0.25, -0.2) is 9.13 Å². The summed E-state index contributed by atoms with van der Waals surface area (Å²) in [7, 11) is 4.10. The van der Waals surface area contributed by atoms with Gasteiger partial charge in [-0.1, -0.05) is 101 Å². The van der Waals surface area contributed by atoms with Crippen LogP contribution < -0.4 is 18.9 Å². The lowest BCUT2D eigenvalue weighted by Gasteiger charge is -2.23. The van der Waals surface area contributed by atoms with Crippen molar-refractivity contribution in [1.82, 2.24) is 0 Å². The van der Waals surface area contributed by atoms with Crippen LogP contribution >= 0.6 is 0 Å². The van der Waals surface area contributed by atoms with E-state index in [0.29, 0.717) is 0 Å². The highest BCUT2D eigenvalue weighted by Crippen LogP contribution is 2.27. The van der Waals surface area contributed by atoms with Crippen molar-refractivity contribution >= 4 is 60.0 Å². The molecule has 4 nitrogen and oxygen atoms in total. The monoisotopic (exact) mass is 716 g/mol. The van der Waals surface area contributed by atoms with Crippen molar-refractivity contribution in [3.05, 3.63) is 154 Å². The fourth-order valence-electron chi connectivity index (χ4n) is 6.65. The minimum absolute atomic E-state index is 1.08. The molecule has 0 saturated heterocycles. The van der Waals surface area contributed by atoms with Crippen LogP contribution in [0.1, 0.15) is 97.9 Å². The van der Waals surface area contributed by atoms with E-state index in [0.717, 1.165) is 51.9 Å². The van der Waals surface area contributed by atoms with Gasteiger partial charge in [0, 0.05) is 61.8 Å². The van der Waals surface area contributed by atoms with Crippen LogP contribution in [0.3, 0.4) is 0 Å². The number of nitrogens with zero attached hydrogens (tertiary/aromatic N) is 4. The van der Waals surface area contributed by atoms with Gasteiger partial charge >= 0.3 is 0 Å². The lowest BCUT2D eigenvalue weighted by Crippen LogP contribution is -2.25. The van der Waals surface area contributed by atoms with Crippen molar-refractivity contribution in [2.75, 3.05) is 36.0 Å². The summed E-state index contributed by atoms with van der Waals surface area (Å²) in [4.78, 5) is 4.97. The molecular formula is C50H60N4+2. The molecule has 0 unspecified atom stereocenters. The van der Waals surface area contributed by atoms with E-state index in [1.165, 1.54) is 55.9 Å². The molecule has 0 N–H and O–H groups in total. The predicted octanol–water partition coefficient (Wildman–Crippen LogP) is 11.3. The lowest BCUT2D eigenvalue weighted by atomic mass is 9.95. The number of benzene rings is 3. The molecule has 0 radical (unpaired) electrons. The lowest BCUT2D eigenvalue weighted by molar-refractivity contribution is -0.671. The largest absolute Gasteiger partial charge is 0.372 e. The highest BCUT2D eigenvalue weighted by atomic mass is 15.1. The summed E-state index contributed by atoms with van der Waals surface area (Å²) in [6.45, 7) is 13.3. The van der Waals surface area contributed by atoms with E-state index in [-0.39, 0.29) is 0 Å². The topological polar surface area (TPSA) is 14.2 Å². The molecule has 0 amide bonds. The zero-order valence-corrected chi connectivity index (χ0v) is 33.5. The van der Waals surface area contributed by atoms with E-state index in [4.69, 9.17) is 0 Å². The van der Waals surface area contributed by atoms with Crippen molar-refractivity contribution < 1.29 is 9.13 Å². The molecule has 0 aliphatic heterocycles. The van der Waals surface area contributed by atoms with Gasteiger partial charge in [0.1, 0.15) is 14.1 Å². The molecule has 0 aliphatic carbocycles. The molecule has 0 spiro atoms. The van der Waals surface area contributed by atoms with Crippen LogP contribution in [0.15, 0.2) is 110 Å². The van der Waals surface area contributed by atoms with Crippen molar-refractivity contribution in [1.29, 1.82) is 0 Å². The molecular weight excluding hydrogens is 657 g/mol. The van der Waals surface area contributed by atoms with E-state index >= 15 is 0 Å². The van der Waals surface area contributed by atoms with Crippen LogP contribution in [0.4, 0.5) is 11.4 Å². The van der Waals surface area contributed by atoms with Crippen LogP contribution in [0.25, 0.3) is 48.6 Å². The van der Waals surface area contributed by atoms with Crippen LogP contribution in [-0.4, -0.2) is 26.2 Å². The van der Waals surface area contributed by atoms with E-state index in [2.05, 4.69) is 205 Å². The Balaban J connectivity index is 1.55. The van der Waals surface area contributed by atoms with Gasteiger partial charge < -0.3 is 9.80 Å². The number of rotatable bonds is 18. The Labute approximate surface area is 325 Å². The van der Waals surface area contributed by atoms with Gasteiger partial charge in [-0.05, 0) is 107 Å². The molecule has 0 atom stereocenters. The molecule has 0 bridgehead atoms. The Hall–Kier alpha value is -5.48. The Bertz CT molecular complexity index is 1840. The van der Waals surface area contributed by atoms with Gasteiger partial charge in [0.15, 0.2) is 24.8 Å². The second kappa shape index (κ2) is 20.7. The van der Waals surface area contributed by atoms with Crippen LogP contribution in [-0.2, 0) is 14.1 Å². The second-order valence-corrected chi connectivity index (χ2v) is 14.2. The first-order valence-electron chi connectivity index (χ1n) is 19.9. The summed E-state index contributed by atoms with van der Waals surface area (Å²) < 4.78 is 4.13. The van der Waals surface area contributed by atoms with Gasteiger partial charge in [-0.15, -0.1) is 0 Å². The SMILES string of the molecule is CCCN(CCC)c1ccc(/C=C/c2cc(/C=C/c3cc[n+](C)cc3)c(/C=C/c3cc[n+](C)cc3)cc2/C=C/c2ccc(N(CCC)CCC)cc2)cc1. The zero-order chi connectivity index (χ0) is 38.1. The minimum Gasteiger partial charge on any atom is -0.372 e. The molecule has 0 saturated carbocycles. The zero-order valence-electron chi connectivity index (χ0n) is 33.5. The molecule has 5 aromatic rings. The second-order valence-electron chi connectivity index (χ2n) is 14.2. The van der Waals surface area contributed by atoms with Crippen molar-refractivity contribution in [3.63, 3.8) is 0 Å². The average Bonchev–Trinajstić information content (AvgIpc) is 3.19. The van der Waals surface area contributed by atoms with Crippen LogP contribution in [0.2, 0.25) is 0 Å². The summed E-state index contributed by atoms with van der Waals surface area (Å²) in [5, 5.41) is 0. The standard InChI is InChI=1S/C50H60N4/c1-7-31-53(32-8-2)49-23-15-41(16-24-49)11-19-45-39-47(21-13-43-27-35-51(5)36-28-43)48(22-14-44-29-37-52(6)38-30-44)40-46(45)20-12-42-17-25-50(26-18-42)54(33-9-3)34-10-4/h11-30,35-40H,7-10,31-34H2,1-6H3/q+2. The van der Waals surface area contributed by atoms with Crippen molar-refractivity contribution in [2.45, 2.75) is 53.4 Å². The number of aryl methyl sites for hydroxylation is 2. The first-order valence-corrected chi connectivity index (χ1v) is 19.9. The number of pyridine rings is 2. The van der Waals surface area contributed by atoms with Gasteiger partial charge in [-0.2, -0.15) is 0 Å². The van der Waals surface area contributed by atoms with Crippen molar-refractivity contribution in [2.24, 2.45) is 14.1 Å². The fraction of sp³-hybridized carbons (Fsp3) is 0.280. The summed E-state index contributed by atoms with van der Waals surface area (Å²) in [5.74, 6) is 0. The molecule has 3 aromatic carbocycles. The number of anilines is 2. The summed E-state index contributed by atoms with van der Waals surface area (Å²) in [5.41, 5.74) is 12.0.